The summed E-state index contributed by atoms with van der Waals surface area (Å²) in [6.45, 7) is 5.57. The first-order valence-electron chi connectivity index (χ1n) is 9.06. The second-order valence-corrected chi connectivity index (χ2v) is 6.79. The Morgan fingerprint density at radius 1 is 1.25 bits per heavy atom. The van der Waals surface area contributed by atoms with Gasteiger partial charge in [-0.3, -0.25) is 9.69 Å². The van der Waals surface area contributed by atoms with Gasteiger partial charge in [0, 0.05) is 25.7 Å². The predicted octanol–water partition coefficient (Wildman–Crippen LogP) is 2.99. The highest BCUT2D eigenvalue weighted by Gasteiger charge is 2.29. The normalized spacial score (nSPS) is 25.7. The highest BCUT2D eigenvalue weighted by Crippen LogP contribution is 2.24. The van der Waals surface area contributed by atoms with Crippen LogP contribution in [0.15, 0.2) is 24.3 Å². The largest absolute Gasteiger partial charge is 0.371 e. The Morgan fingerprint density at radius 3 is 2.79 bits per heavy atom. The van der Waals surface area contributed by atoms with Crippen molar-refractivity contribution < 1.29 is 13.9 Å². The van der Waals surface area contributed by atoms with Crippen molar-refractivity contribution in [1.82, 2.24) is 9.80 Å². The first-order valence-corrected chi connectivity index (χ1v) is 9.06. The van der Waals surface area contributed by atoms with Crippen molar-refractivity contribution in [2.24, 2.45) is 0 Å². The number of carbonyl (C=O) groups is 1. The zero-order valence-electron chi connectivity index (χ0n) is 14.4. The minimum absolute atomic E-state index is 0.0875. The number of piperidine rings is 1. The molecule has 2 fully saturated rings. The second-order valence-electron chi connectivity index (χ2n) is 6.79. The summed E-state index contributed by atoms with van der Waals surface area (Å²) in [5.41, 5.74) is 0.970. The lowest BCUT2D eigenvalue weighted by molar-refractivity contribution is -0.138. The summed E-state index contributed by atoms with van der Waals surface area (Å²) < 4.78 is 18.9. The molecule has 2 aliphatic heterocycles. The molecule has 132 valence electrons. The van der Waals surface area contributed by atoms with Crippen LogP contribution >= 0.6 is 0 Å². The first kappa shape index (κ1) is 17.4. The van der Waals surface area contributed by atoms with Crippen molar-refractivity contribution in [1.29, 1.82) is 0 Å². The van der Waals surface area contributed by atoms with Gasteiger partial charge in [-0.1, -0.05) is 19.1 Å². The average Bonchev–Trinajstić information content (AvgIpc) is 2.62. The van der Waals surface area contributed by atoms with Crippen LogP contribution < -0.4 is 0 Å². The van der Waals surface area contributed by atoms with Gasteiger partial charge in [-0.2, -0.15) is 0 Å². The molecule has 0 bridgehead atoms. The van der Waals surface area contributed by atoms with Crippen molar-refractivity contribution in [3.63, 3.8) is 0 Å². The molecule has 1 amide bonds. The maximum Gasteiger partial charge on any atom is 0.236 e. The molecule has 0 radical (unpaired) electrons. The zero-order chi connectivity index (χ0) is 16.9. The van der Waals surface area contributed by atoms with Gasteiger partial charge in [0.05, 0.1) is 19.3 Å². The topological polar surface area (TPSA) is 32.8 Å². The van der Waals surface area contributed by atoms with E-state index in [9.17, 15) is 9.18 Å². The number of amides is 1. The standard InChI is InChI=1S/C19H27FN2O2/c1-2-17-5-3-4-10-22(17)19(23)14-21-11-12-24-18(13-21)15-6-8-16(20)9-7-15/h6-9,17-18H,2-5,10-14H2,1H3/t17-,18-/m0/s1. The number of morpholine rings is 1. The summed E-state index contributed by atoms with van der Waals surface area (Å²) in [6.07, 6.45) is 4.42. The molecule has 3 rings (SSSR count). The van der Waals surface area contributed by atoms with Crippen LogP contribution in [0.2, 0.25) is 0 Å². The second kappa shape index (κ2) is 8.08. The fraction of sp³-hybridized carbons (Fsp3) is 0.632. The third-order valence-electron chi connectivity index (χ3n) is 5.17. The molecule has 0 N–H and O–H groups in total. The number of carbonyl (C=O) groups excluding carboxylic acids is 1. The number of nitrogens with zero attached hydrogens (tertiary/aromatic N) is 2. The maximum absolute atomic E-state index is 13.1. The number of hydrogen-bond acceptors (Lipinski definition) is 3. The number of benzene rings is 1. The summed E-state index contributed by atoms with van der Waals surface area (Å²) in [5.74, 6) is -0.00129. The molecule has 0 unspecified atom stereocenters. The monoisotopic (exact) mass is 334 g/mol. The van der Waals surface area contributed by atoms with Crippen molar-refractivity contribution in [3.05, 3.63) is 35.6 Å². The number of halogens is 1. The first-order chi connectivity index (χ1) is 11.7. The van der Waals surface area contributed by atoms with Gasteiger partial charge in [-0.15, -0.1) is 0 Å². The third-order valence-corrected chi connectivity index (χ3v) is 5.17. The van der Waals surface area contributed by atoms with Crippen LogP contribution in [0.1, 0.15) is 44.3 Å². The van der Waals surface area contributed by atoms with Gasteiger partial charge in [0.2, 0.25) is 5.91 Å². The van der Waals surface area contributed by atoms with Crippen LogP contribution in [-0.4, -0.2) is 54.5 Å². The Morgan fingerprint density at radius 2 is 2.04 bits per heavy atom. The summed E-state index contributed by atoms with van der Waals surface area (Å²) in [6, 6.07) is 6.86. The molecule has 1 aromatic rings. The molecule has 0 saturated carbocycles. The van der Waals surface area contributed by atoms with E-state index in [1.54, 1.807) is 12.1 Å². The predicted molar refractivity (Wildman–Crippen MR) is 91.2 cm³/mol. The van der Waals surface area contributed by atoms with Crippen molar-refractivity contribution in [3.8, 4) is 0 Å². The number of likely N-dealkylation sites (tertiary alicyclic amines) is 1. The van der Waals surface area contributed by atoms with Crippen LogP contribution in [-0.2, 0) is 9.53 Å². The van der Waals surface area contributed by atoms with Crippen molar-refractivity contribution >= 4 is 5.91 Å². The molecule has 24 heavy (non-hydrogen) atoms. The summed E-state index contributed by atoms with van der Waals surface area (Å²) >= 11 is 0. The van der Waals surface area contributed by atoms with Crippen molar-refractivity contribution in [2.75, 3.05) is 32.8 Å². The Balaban J connectivity index is 1.58. The zero-order valence-corrected chi connectivity index (χ0v) is 14.4. The lowest BCUT2D eigenvalue weighted by atomic mass is 10.00. The highest BCUT2D eigenvalue weighted by molar-refractivity contribution is 5.78. The van der Waals surface area contributed by atoms with Gasteiger partial charge in [-0.05, 0) is 43.4 Å². The minimum atomic E-state index is -0.239. The summed E-state index contributed by atoms with van der Waals surface area (Å²) in [5, 5.41) is 0. The highest BCUT2D eigenvalue weighted by atomic mass is 19.1. The van der Waals surface area contributed by atoms with Crippen LogP contribution in [0, 0.1) is 5.82 Å². The van der Waals surface area contributed by atoms with E-state index in [4.69, 9.17) is 4.74 Å². The van der Waals surface area contributed by atoms with Gasteiger partial charge >= 0.3 is 0 Å². The van der Waals surface area contributed by atoms with E-state index in [0.29, 0.717) is 25.7 Å². The number of rotatable bonds is 4. The molecule has 2 atom stereocenters. The van der Waals surface area contributed by atoms with Crippen LogP contribution in [0.3, 0.4) is 0 Å². The van der Waals surface area contributed by atoms with Crippen molar-refractivity contribution in [2.45, 2.75) is 44.8 Å². The van der Waals surface area contributed by atoms with E-state index in [1.165, 1.54) is 18.6 Å². The fourth-order valence-electron chi connectivity index (χ4n) is 3.76. The fourth-order valence-corrected chi connectivity index (χ4v) is 3.76. The molecular weight excluding hydrogens is 307 g/mol. The molecule has 0 spiro atoms. The third kappa shape index (κ3) is 4.14. The van der Waals surface area contributed by atoms with Gasteiger partial charge in [-0.25, -0.2) is 4.39 Å². The Hall–Kier alpha value is -1.46. The molecular formula is C19H27FN2O2. The number of ether oxygens (including phenoxy) is 1. The molecule has 4 nitrogen and oxygen atoms in total. The van der Waals surface area contributed by atoms with Gasteiger partial charge in [0.15, 0.2) is 0 Å². The molecule has 2 aliphatic rings. The molecule has 5 heteroatoms. The Kier molecular flexibility index (Phi) is 5.85. The van der Waals surface area contributed by atoms with Crippen LogP contribution in [0.4, 0.5) is 4.39 Å². The lowest BCUT2D eigenvalue weighted by Gasteiger charge is -2.38. The quantitative estimate of drug-likeness (QED) is 0.849. The Bertz CT molecular complexity index is 549. The molecule has 2 saturated heterocycles. The molecule has 0 aliphatic carbocycles. The van der Waals surface area contributed by atoms with Gasteiger partial charge < -0.3 is 9.64 Å². The smallest absolute Gasteiger partial charge is 0.236 e. The van der Waals surface area contributed by atoms with Gasteiger partial charge in [0.25, 0.3) is 0 Å². The van der Waals surface area contributed by atoms with E-state index >= 15 is 0 Å². The molecule has 2 heterocycles. The maximum atomic E-state index is 13.1. The summed E-state index contributed by atoms with van der Waals surface area (Å²) in [7, 11) is 0. The van der Waals surface area contributed by atoms with E-state index in [2.05, 4.69) is 16.7 Å². The van der Waals surface area contributed by atoms with E-state index in [-0.39, 0.29) is 17.8 Å². The van der Waals surface area contributed by atoms with Crippen LogP contribution in [0.5, 0.6) is 0 Å². The SMILES string of the molecule is CC[C@H]1CCCCN1C(=O)CN1CCO[C@H](c2ccc(F)cc2)C1. The van der Waals surface area contributed by atoms with E-state index in [0.717, 1.165) is 37.9 Å². The van der Waals surface area contributed by atoms with Crippen LogP contribution in [0.25, 0.3) is 0 Å². The van der Waals surface area contributed by atoms with E-state index < -0.39 is 0 Å². The molecule has 0 aromatic heterocycles. The van der Waals surface area contributed by atoms with E-state index in [1.807, 2.05) is 0 Å². The Labute approximate surface area is 143 Å². The minimum Gasteiger partial charge on any atom is -0.371 e. The summed E-state index contributed by atoms with van der Waals surface area (Å²) in [4.78, 5) is 17.0. The lowest BCUT2D eigenvalue weighted by Crippen LogP contribution is -2.50. The average molecular weight is 334 g/mol. The molecule has 1 aromatic carbocycles. The number of hydrogen-bond donors (Lipinski definition) is 0. The van der Waals surface area contributed by atoms with Gasteiger partial charge in [0.1, 0.15) is 5.82 Å².